The highest BCUT2D eigenvalue weighted by Crippen LogP contribution is 2.24. The van der Waals surface area contributed by atoms with E-state index < -0.39 is 16.1 Å². The fourth-order valence-electron chi connectivity index (χ4n) is 3.81. The van der Waals surface area contributed by atoms with E-state index in [9.17, 15) is 18.0 Å². The molecule has 10 heteroatoms. The second-order valence-corrected chi connectivity index (χ2v) is 10.6. The van der Waals surface area contributed by atoms with E-state index in [1.807, 2.05) is 17.5 Å². The van der Waals surface area contributed by atoms with Gasteiger partial charge in [0.05, 0.1) is 12.0 Å². The fraction of sp³-hybridized carbons (Fsp3) is 0.250. The first-order valence-corrected chi connectivity index (χ1v) is 13.1. The van der Waals surface area contributed by atoms with Crippen LogP contribution in [0.1, 0.15) is 28.1 Å². The van der Waals surface area contributed by atoms with Crippen LogP contribution < -0.4 is 14.8 Å². The summed E-state index contributed by atoms with van der Waals surface area (Å²) in [5, 5.41) is 4.72. The molecular weight excluding hydrogens is 474 g/mol. The molecule has 1 aromatic heterocycles. The van der Waals surface area contributed by atoms with Gasteiger partial charge in [0.15, 0.2) is 0 Å². The zero-order chi connectivity index (χ0) is 24.1. The Labute approximate surface area is 202 Å². The second kappa shape index (κ2) is 10.4. The third-order valence-electron chi connectivity index (χ3n) is 5.58. The molecule has 2 N–H and O–H groups in total. The molecule has 0 bridgehead atoms. The van der Waals surface area contributed by atoms with Crippen LogP contribution in [-0.2, 0) is 21.4 Å². The van der Waals surface area contributed by atoms with Gasteiger partial charge >= 0.3 is 0 Å². The summed E-state index contributed by atoms with van der Waals surface area (Å²) in [6, 6.07) is 15.9. The number of methoxy groups -OCH3 is 1. The van der Waals surface area contributed by atoms with Gasteiger partial charge < -0.3 is 15.0 Å². The predicted molar refractivity (Wildman–Crippen MR) is 130 cm³/mol. The monoisotopic (exact) mass is 499 g/mol. The molecule has 2 aromatic carbocycles. The van der Waals surface area contributed by atoms with Crippen LogP contribution in [0.5, 0.6) is 5.75 Å². The molecule has 1 atom stereocenters. The number of rotatable bonds is 8. The second-order valence-electron chi connectivity index (χ2n) is 7.81. The molecule has 2 amide bonds. The van der Waals surface area contributed by atoms with Gasteiger partial charge in [0.25, 0.3) is 5.91 Å². The SMILES string of the molecule is COc1ccc(NC(=O)C2CCCN2C(=O)c2cccc(S(=O)(=O)NCc3cccs3)c2)cc1. The van der Waals surface area contributed by atoms with Crippen LogP contribution in [0.25, 0.3) is 0 Å². The van der Waals surface area contributed by atoms with Gasteiger partial charge in [-0.1, -0.05) is 12.1 Å². The number of ether oxygens (including phenoxy) is 1. The Hall–Kier alpha value is -3.21. The van der Waals surface area contributed by atoms with Gasteiger partial charge in [0, 0.05) is 29.2 Å². The molecule has 1 unspecified atom stereocenters. The van der Waals surface area contributed by atoms with Crippen LogP contribution in [0, 0.1) is 0 Å². The average molecular weight is 500 g/mol. The van der Waals surface area contributed by atoms with E-state index in [4.69, 9.17) is 4.74 Å². The number of amides is 2. The molecule has 34 heavy (non-hydrogen) atoms. The van der Waals surface area contributed by atoms with E-state index in [-0.39, 0.29) is 28.8 Å². The van der Waals surface area contributed by atoms with Crippen LogP contribution in [0.2, 0.25) is 0 Å². The van der Waals surface area contributed by atoms with E-state index in [0.717, 1.165) is 4.88 Å². The molecular formula is C24H25N3O5S2. The van der Waals surface area contributed by atoms with Crippen LogP contribution in [0.4, 0.5) is 5.69 Å². The van der Waals surface area contributed by atoms with Crippen molar-refractivity contribution in [3.63, 3.8) is 0 Å². The molecule has 0 aliphatic carbocycles. The topological polar surface area (TPSA) is 105 Å². The van der Waals surface area contributed by atoms with Crippen molar-refractivity contribution in [1.82, 2.24) is 9.62 Å². The van der Waals surface area contributed by atoms with Crippen LogP contribution >= 0.6 is 11.3 Å². The third-order valence-corrected chi connectivity index (χ3v) is 7.86. The lowest BCUT2D eigenvalue weighted by atomic mass is 10.1. The van der Waals surface area contributed by atoms with Crippen molar-refractivity contribution in [3.05, 3.63) is 76.5 Å². The number of nitrogens with zero attached hydrogens (tertiary/aromatic N) is 1. The number of likely N-dealkylation sites (tertiary alicyclic amines) is 1. The first kappa shape index (κ1) is 23.9. The highest BCUT2D eigenvalue weighted by molar-refractivity contribution is 7.89. The van der Waals surface area contributed by atoms with Gasteiger partial charge in [-0.2, -0.15) is 0 Å². The molecule has 0 radical (unpaired) electrons. The van der Waals surface area contributed by atoms with Crippen molar-refractivity contribution in [3.8, 4) is 5.75 Å². The lowest BCUT2D eigenvalue weighted by Crippen LogP contribution is -2.43. The zero-order valence-electron chi connectivity index (χ0n) is 18.6. The molecule has 1 saturated heterocycles. The number of benzene rings is 2. The highest BCUT2D eigenvalue weighted by Gasteiger charge is 2.35. The minimum absolute atomic E-state index is 0.00772. The van der Waals surface area contributed by atoms with Crippen LogP contribution in [0.3, 0.4) is 0 Å². The Morgan fingerprint density at radius 3 is 2.62 bits per heavy atom. The van der Waals surface area contributed by atoms with E-state index in [1.54, 1.807) is 37.4 Å². The Morgan fingerprint density at radius 2 is 1.91 bits per heavy atom. The number of thiophene rings is 1. The number of hydrogen-bond acceptors (Lipinski definition) is 6. The molecule has 4 rings (SSSR count). The third kappa shape index (κ3) is 5.46. The minimum atomic E-state index is -3.80. The molecule has 178 valence electrons. The first-order chi connectivity index (χ1) is 16.4. The molecule has 2 heterocycles. The van der Waals surface area contributed by atoms with Gasteiger partial charge in [0.2, 0.25) is 15.9 Å². The maximum atomic E-state index is 13.2. The normalized spacial score (nSPS) is 15.8. The maximum Gasteiger partial charge on any atom is 0.254 e. The molecule has 8 nitrogen and oxygen atoms in total. The lowest BCUT2D eigenvalue weighted by Gasteiger charge is -2.24. The van der Waals surface area contributed by atoms with Crippen molar-refractivity contribution in [2.45, 2.75) is 30.3 Å². The molecule has 1 aliphatic heterocycles. The van der Waals surface area contributed by atoms with Gasteiger partial charge in [-0.3, -0.25) is 9.59 Å². The summed E-state index contributed by atoms with van der Waals surface area (Å²) in [6.07, 6.45) is 1.22. The molecule has 3 aromatic rings. The smallest absolute Gasteiger partial charge is 0.254 e. The lowest BCUT2D eigenvalue weighted by molar-refractivity contribution is -0.119. The standard InChI is InChI=1S/C24H25N3O5S2/c1-32-19-11-9-18(10-12-19)26-23(28)22-8-3-13-27(22)24(29)17-5-2-7-21(15-17)34(30,31)25-16-20-6-4-14-33-20/h2,4-7,9-12,14-15,22,25H,3,8,13,16H2,1H3,(H,26,28). The Bertz CT molecular complexity index is 1260. The number of carbonyl (C=O) groups is 2. The highest BCUT2D eigenvalue weighted by atomic mass is 32.2. The summed E-state index contributed by atoms with van der Waals surface area (Å²) in [5.41, 5.74) is 0.832. The predicted octanol–water partition coefficient (Wildman–Crippen LogP) is 3.48. The summed E-state index contributed by atoms with van der Waals surface area (Å²) in [5.74, 6) is 0.0236. The van der Waals surface area contributed by atoms with Gasteiger partial charge in [-0.05, 0) is 66.8 Å². The van der Waals surface area contributed by atoms with Gasteiger partial charge in [0.1, 0.15) is 11.8 Å². The molecule has 1 fully saturated rings. The minimum Gasteiger partial charge on any atom is -0.497 e. The number of sulfonamides is 1. The Balaban J connectivity index is 1.46. The maximum absolute atomic E-state index is 13.2. The Morgan fingerprint density at radius 1 is 1.12 bits per heavy atom. The Kier molecular flexibility index (Phi) is 7.30. The first-order valence-electron chi connectivity index (χ1n) is 10.8. The molecule has 0 saturated carbocycles. The quantitative estimate of drug-likeness (QED) is 0.494. The summed E-state index contributed by atoms with van der Waals surface area (Å²) >= 11 is 1.46. The summed E-state index contributed by atoms with van der Waals surface area (Å²) in [6.45, 7) is 0.602. The number of hydrogen-bond donors (Lipinski definition) is 2. The van der Waals surface area contributed by atoms with Gasteiger partial charge in [-0.25, -0.2) is 13.1 Å². The molecule has 1 aliphatic rings. The van der Waals surface area contributed by atoms with Crippen molar-refractivity contribution < 1.29 is 22.7 Å². The number of nitrogens with one attached hydrogen (secondary N) is 2. The van der Waals surface area contributed by atoms with Crippen molar-refractivity contribution in [2.24, 2.45) is 0 Å². The van der Waals surface area contributed by atoms with Crippen LogP contribution in [-0.4, -0.2) is 44.8 Å². The zero-order valence-corrected chi connectivity index (χ0v) is 20.2. The fourth-order valence-corrected chi connectivity index (χ4v) is 5.59. The number of carbonyl (C=O) groups excluding carboxylic acids is 2. The van der Waals surface area contributed by atoms with E-state index >= 15 is 0 Å². The van der Waals surface area contributed by atoms with E-state index in [2.05, 4.69) is 10.0 Å². The van der Waals surface area contributed by atoms with Crippen molar-refractivity contribution in [1.29, 1.82) is 0 Å². The van der Waals surface area contributed by atoms with Crippen molar-refractivity contribution >= 4 is 38.9 Å². The molecule has 0 spiro atoms. The number of anilines is 1. The summed E-state index contributed by atoms with van der Waals surface area (Å²) < 4.78 is 33.2. The van der Waals surface area contributed by atoms with Crippen molar-refractivity contribution in [2.75, 3.05) is 19.0 Å². The average Bonchev–Trinajstić information content (AvgIpc) is 3.55. The van der Waals surface area contributed by atoms with Gasteiger partial charge in [-0.15, -0.1) is 11.3 Å². The van der Waals surface area contributed by atoms with E-state index in [0.29, 0.717) is 30.8 Å². The summed E-state index contributed by atoms with van der Waals surface area (Å²) in [4.78, 5) is 28.5. The summed E-state index contributed by atoms with van der Waals surface area (Å²) in [7, 11) is -2.23. The largest absolute Gasteiger partial charge is 0.497 e. The van der Waals surface area contributed by atoms with E-state index in [1.165, 1.54) is 34.4 Å². The van der Waals surface area contributed by atoms with Crippen LogP contribution in [0.15, 0.2) is 70.9 Å².